The summed E-state index contributed by atoms with van der Waals surface area (Å²) in [4.78, 5) is 41.8. The fourth-order valence-corrected chi connectivity index (χ4v) is 5.17. The Labute approximate surface area is 171 Å². The summed E-state index contributed by atoms with van der Waals surface area (Å²) in [5.41, 5.74) is 2.49. The first-order valence-corrected chi connectivity index (χ1v) is 10.3. The van der Waals surface area contributed by atoms with E-state index in [2.05, 4.69) is 6.08 Å². The van der Waals surface area contributed by atoms with Crippen molar-refractivity contribution in [3.05, 3.63) is 41.5 Å². The first kappa shape index (κ1) is 19.7. The Balaban J connectivity index is 1.85. The van der Waals surface area contributed by atoms with Crippen molar-refractivity contribution in [1.29, 1.82) is 0 Å². The zero-order valence-corrected chi connectivity index (χ0v) is 17.4. The maximum absolute atomic E-state index is 13.4. The number of allylic oxidation sites excluding steroid dienone is 2. The van der Waals surface area contributed by atoms with E-state index in [1.165, 1.54) is 0 Å². The second kappa shape index (κ2) is 7.01. The van der Waals surface area contributed by atoms with Crippen LogP contribution in [0, 0.1) is 5.92 Å². The van der Waals surface area contributed by atoms with Crippen LogP contribution in [0.2, 0.25) is 0 Å². The van der Waals surface area contributed by atoms with E-state index in [0.717, 1.165) is 23.2 Å². The summed E-state index contributed by atoms with van der Waals surface area (Å²) in [5, 5.41) is 0. The van der Waals surface area contributed by atoms with Gasteiger partial charge >= 0.3 is 5.97 Å². The Kier molecular flexibility index (Phi) is 4.75. The monoisotopic (exact) mass is 396 g/mol. The summed E-state index contributed by atoms with van der Waals surface area (Å²) in [7, 11) is 0. The number of hydrogen-bond donors (Lipinski definition) is 0. The van der Waals surface area contributed by atoms with Gasteiger partial charge in [-0.25, -0.2) is 4.79 Å². The molecule has 1 aromatic rings. The molecule has 0 aromatic heterocycles. The van der Waals surface area contributed by atoms with Crippen LogP contribution in [-0.2, 0) is 24.5 Å². The Morgan fingerprint density at radius 3 is 2.66 bits per heavy atom. The molecule has 3 aliphatic heterocycles. The standard InChI is InChI=1S/C23H28N2O4/c1-14(2)9-10-23-12-18-21(28)29-19(11-15(3)4)20(27)25(18)22(23)24(13-26)17-8-6-5-7-16(17)23/h5-9,13,15,18-19,22H,10-12H2,1-4H3/t18-,19-,22-,23-/m0/s1. The summed E-state index contributed by atoms with van der Waals surface area (Å²) in [6.45, 7) is 8.06. The average molecular weight is 396 g/mol. The second-order valence-electron chi connectivity index (χ2n) is 9.07. The number of cyclic esters (lactones) is 1. The molecular weight excluding hydrogens is 368 g/mol. The van der Waals surface area contributed by atoms with Gasteiger partial charge in [0.25, 0.3) is 5.91 Å². The molecule has 6 nitrogen and oxygen atoms in total. The first-order valence-electron chi connectivity index (χ1n) is 10.3. The highest BCUT2D eigenvalue weighted by molar-refractivity contribution is 5.96. The largest absolute Gasteiger partial charge is 0.451 e. The molecule has 3 aliphatic rings. The van der Waals surface area contributed by atoms with Gasteiger partial charge in [0.1, 0.15) is 12.2 Å². The zero-order chi connectivity index (χ0) is 20.9. The number of rotatable bonds is 5. The lowest BCUT2D eigenvalue weighted by molar-refractivity contribution is -0.178. The van der Waals surface area contributed by atoms with Gasteiger partial charge in [-0.3, -0.25) is 14.5 Å². The molecule has 0 saturated carbocycles. The lowest BCUT2D eigenvalue weighted by atomic mass is 9.75. The van der Waals surface area contributed by atoms with Crippen molar-refractivity contribution < 1.29 is 19.1 Å². The van der Waals surface area contributed by atoms with E-state index < -0.39 is 23.7 Å². The summed E-state index contributed by atoms with van der Waals surface area (Å²) in [6, 6.07) is 7.13. The normalized spacial score (nSPS) is 30.0. The highest BCUT2D eigenvalue weighted by atomic mass is 16.6. The third-order valence-corrected chi connectivity index (χ3v) is 6.37. The molecule has 0 aliphatic carbocycles. The summed E-state index contributed by atoms with van der Waals surface area (Å²) >= 11 is 0. The molecule has 0 unspecified atom stereocenters. The van der Waals surface area contributed by atoms with Crippen LogP contribution in [0.3, 0.4) is 0 Å². The first-order chi connectivity index (χ1) is 13.8. The Morgan fingerprint density at radius 2 is 2.00 bits per heavy atom. The Bertz CT molecular complexity index is 889. The van der Waals surface area contributed by atoms with Crippen LogP contribution in [0.5, 0.6) is 0 Å². The zero-order valence-electron chi connectivity index (χ0n) is 17.4. The SMILES string of the molecule is CC(C)=CC[C@@]12C[C@H]3C(=O)O[C@@H](CC(C)C)C(=O)N3[C@@H]1N(C=O)c1ccccc12. The van der Waals surface area contributed by atoms with Crippen molar-refractivity contribution in [3.8, 4) is 0 Å². The molecule has 6 heteroatoms. The number of hydrogen-bond acceptors (Lipinski definition) is 4. The number of para-hydroxylation sites is 1. The Morgan fingerprint density at radius 1 is 1.28 bits per heavy atom. The van der Waals surface area contributed by atoms with Gasteiger partial charge in [-0.2, -0.15) is 0 Å². The van der Waals surface area contributed by atoms with Crippen molar-refractivity contribution in [3.63, 3.8) is 0 Å². The van der Waals surface area contributed by atoms with E-state index in [1.54, 1.807) is 9.80 Å². The highest BCUT2D eigenvalue weighted by Crippen LogP contribution is 2.56. The molecule has 0 bridgehead atoms. The van der Waals surface area contributed by atoms with Gasteiger partial charge < -0.3 is 9.64 Å². The van der Waals surface area contributed by atoms with Gasteiger partial charge in [0.05, 0.1) is 0 Å². The van der Waals surface area contributed by atoms with Crippen molar-refractivity contribution in [2.75, 3.05) is 4.90 Å². The number of carbonyl (C=O) groups excluding carboxylic acids is 3. The van der Waals surface area contributed by atoms with E-state index in [0.29, 0.717) is 19.3 Å². The minimum Gasteiger partial charge on any atom is -0.451 e. The van der Waals surface area contributed by atoms with E-state index in [-0.39, 0.29) is 17.8 Å². The van der Waals surface area contributed by atoms with E-state index in [9.17, 15) is 14.4 Å². The highest BCUT2D eigenvalue weighted by Gasteiger charge is 2.65. The molecule has 0 radical (unpaired) electrons. The van der Waals surface area contributed by atoms with Gasteiger partial charge in [-0.05, 0) is 50.7 Å². The molecule has 4 atom stereocenters. The fraction of sp³-hybridized carbons (Fsp3) is 0.522. The molecule has 4 rings (SSSR count). The van der Waals surface area contributed by atoms with Crippen LogP contribution < -0.4 is 4.90 Å². The maximum atomic E-state index is 13.4. The summed E-state index contributed by atoms with van der Waals surface area (Å²) in [6.07, 6.45) is 3.24. The topological polar surface area (TPSA) is 66.9 Å². The van der Waals surface area contributed by atoms with Crippen LogP contribution >= 0.6 is 0 Å². The maximum Gasteiger partial charge on any atom is 0.329 e. The summed E-state index contributed by atoms with van der Waals surface area (Å²) in [5.74, 6) is -0.328. The van der Waals surface area contributed by atoms with Gasteiger partial charge in [0, 0.05) is 11.1 Å². The molecule has 3 heterocycles. The summed E-state index contributed by atoms with van der Waals surface area (Å²) < 4.78 is 5.56. The van der Waals surface area contributed by atoms with E-state index >= 15 is 0 Å². The predicted octanol–water partition coefficient (Wildman–Crippen LogP) is 3.16. The lowest BCUT2D eigenvalue weighted by Crippen LogP contribution is -2.60. The van der Waals surface area contributed by atoms with E-state index in [1.807, 2.05) is 52.0 Å². The van der Waals surface area contributed by atoms with Crippen molar-refractivity contribution >= 4 is 24.0 Å². The van der Waals surface area contributed by atoms with Crippen LogP contribution in [0.15, 0.2) is 35.9 Å². The second-order valence-corrected chi connectivity index (χ2v) is 9.07. The van der Waals surface area contributed by atoms with Crippen molar-refractivity contribution in [2.45, 2.75) is 70.7 Å². The molecule has 0 spiro atoms. The number of fused-ring (bicyclic) bond motifs is 5. The molecule has 1 aromatic carbocycles. The minimum absolute atomic E-state index is 0.188. The van der Waals surface area contributed by atoms with Crippen LogP contribution in [0.25, 0.3) is 0 Å². The molecule has 0 N–H and O–H groups in total. The predicted molar refractivity (Wildman–Crippen MR) is 109 cm³/mol. The third-order valence-electron chi connectivity index (χ3n) is 6.37. The minimum atomic E-state index is -0.782. The van der Waals surface area contributed by atoms with Crippen molar-refractivity contribution in [1.82, 2.24) is 4.90 Å². The molecule has 2 saturated heterocycles. The van der Waals surface area contributed by atoms with Gasteiger partial charge in [-0.15, -0.1) is 0 Å². The molecule has 2 amide bonds. The van der Waals surface area contributed by atoms with Gasteiger partial charge in [0.15, 0.2) is 6.10 Å². The number of esters is 1. The van der Waals surface area contributed by atoms with Crippen molar-refractivity contribution in [2.24, 2.45) is 5.92 Å². The molecular formula is C23H28N2O4. The Hall–Kier alpha value is -2.63. The third kappa shape index (κ3) is 2.88. The number of carbonyl (C=O) groups is 3. The number of ether oxygens (including phenoxy) is 1. The van der Waals surface area contributed by atoms with E-state index in [4.69, 9.17) is 4.74 Å². The van der Waals surface area contributed by atoms with Gasteiger partial charge in [0.2, 0.25) is 6.41 Å². The molecule has 29 heavy (non-hydrogen) atoms. The number of anilines is 1. The smallest absolute Gasteiger partial charge is 0.329 e. The number of benzene rings is 1. The number of nitrogens with zero attached hydrogens (tertiary/aromatic N) is 2. The van der Waals surface area contributed by atoms with Gasteiger partial charge in [-0.1, -0.05) is 43.7 Å². The molecule has 154 valence electrons. The van der Waals surface area contributed by atoms with Crippen LogP contribution in [0.1, 0.15) is 52.5 Å². The van der Waals surface area contributed by atoms with Crippen LogP contribution in [-0.4, -0.2) is 41.5 Å². The number of amides is 2. The lowest BCUT2D eigenvalue weighted by Gasteiger charge is -2.40. The fourth-order valence-electron chi connectivity index (χ4n) is 5.17. The molecule has 2 fully saturated rings. The quantitative estimate of drug-likeness (QED) is 0.436. The average Bonchev–Trinajstić information content (AvgIpc) is 3.14. The van der Waals surface area contributed by atoms with Crippen LogP contribution in [0.4, 0.5) is 5.69 Å². The number of morpholine rings is 1.